The zero-order valence-corrected chi connectivity index (χ0v) is 10.8. The van der Waals surface area contributed by atoms with Gasteiger partial charge in [0.25, 0.3) is 5.69 Å². The number of non-ortho nitro benzene ring substituents is 1. The van der Waals surface area contributed by atoms with E-state index in [0.717, 1.165) is 11.1 Å². The molecule has 2 aromatic carbocycles. The first-order valence-corrected chi connectivity index (χ1v) is 6.02. The van der Waals surface area contributed by atoms with Crippen molar-refractivity contribution in [3.8, 4) is 0 Å². The van der Waals surface area contributed by atoms with Crippen molar-refractivity contribution >= 4 is 11.4 Å². The Labute approximate surface area is 116 Å². The normalized spacial score (nSPS) is 10.0. The van der Waals surface area contributed by atoms with Gasteiger partial charge in [0, 0.05) is 12.1 Å². The average Bonchev–Trinajstić information content (AvgIpc) is 2.48. The van der Waals surface area contributed by atoms with Gasteiger partial charge in [-0.3, -0.25) is 20.4 Å². The van der Waals surface area contributed by atoms with Crippen LogP contribution in [0.3, 0.4) is 0 Å². The summed E-state index contributed by atoms with van der Waals surface area (Å²) in [5.41, 5.74) is 5.26. The van der Waals surface area contributed by atoms with Crippen LogP contribution in [-0.4, -0.2) is 4.92 Å². The number of hydroxylamine groups is 1. The molecule has 0 amide bonds. The predicted molar refractivity (Wildman–Crippen MR) is 76.5 cm³/mol. The third-order valence-electron chi connectivity index (χ3n) is 2.70. The lowest BCUT2D eigenvalue weighted by Gasteiger charge is -2.09. The van der Waals surface area contributed by atoms with Crippen LogP contribution in [0.25, 0.3) is 5.70 Å². The van der Waals surface area contributed by atoms with Crippen LogP contribution in [-0.2, 0) is 11.4 Å². The van der Waals surface area contributed by atoms with E-state index in [0.29, 0.717) is 12.3 Å². The van der Waals surface area contributed by atoms with E-state index >= 15 is 0 Å². The lowest BCUT2D eigenvalue weighted by molar-refractivity contribution is -0.384. The van der Waals surface area contributed by atoms with E-state index < -0.39 is 4.92 Å². The molecule has 2 aromatic rings. The van der Waals surface area contributed by atoms with Crippen molar-refractivity contribution in [3.05, 3.63) is 82.4 Å². The van der Waals surface area contributed by atoms with Crippen LogP contribution >= 0.6 is 0 Å². The van der Waals surface area contributed by atoms with Gasteiger partial charge in [-0.25, -0.2) is 0 Å². The van der Waals surface area contributed by atoms with E-state index in [-0.39, 0.29) is 5.69 Å². The predicted octanol–water partition coefficient (Wildman–Crippen LogP) is 3.29. The average molecular weight is 270 g/mol. The number of nitrogens with zero attached hydrogens (tertiary/aromatic N) is 1. The first-order valence-electron chi connectivity index (χ1n) is 6.02. The van der Waals surface area contributed by atoms with Gasteiger partial charge in [0.2, 0.25) is 0 Å². The number of hydrogen-bond donors (Lipinski definition) is 1. The monoisotopic (exact) mass is 270 g/mol. The summed E-state index contributed by atoms with van der Waals surface area (Å²) in [4.78, 5) is 15.4. The molecule has 0 aliphatic rings. The van der Waals surface area contributed by atoms with E-state index in [1.807, 2.05) is 30.3 Å². The summed E-state index contributed by atoms with van der Waals surface area (Å²) in [7, 11) is 0. The first-order chi connectivity index (χ1) is 9.66. The van der Waals surface area contributed by atoms with Crippen LogP contribution in [0, 0.1) is 10.1 Å². The maximum absolute atomic E-state index is 10.5. The van der Waals surface area contributed by atoms with E-state index in [4.69, 9.17) is 4.84 Å². The fourth-order valence-electron chi connectivity index (χ4n) is 1.62. The van der Waals surface area contributed by atoms with Gasteiger partial charge in [-0.2, -0.15) is 0 Å². The third-order valence-corrected chi connectivity index (χ3v) is 2.70. The molecular weight excluding hydrogens is 256 g/mol. The minimum atomic E-state index is -0.430. The van der Waals surface area contributed by atoms with Crippen LogP contribution in [0.5, 0.6) is 0 Å². The minimum Gasteiger partial charge on any atom is -0.271 e. The molecule has 0 unspecified atom stereocenters. The van der Waals surface area contributed by atoms with Gasteiger partial charge in [0.05, 0.1) is 17.2 Å². The Bertz CT molecular complexity index is 594. The number of benzene rings is 2. The Morgan fingerprint density at radius 2 is 1.80 bits per heavy atom. The minimum absolute atomic E-state index is 0.0652. The quantitative estimate of drug-likeness (QED) is 0.646. The molecule has 1 N–H and O–H groups in total. The number of nitro benzene ring substituents is 1. The summed E-state index contributed by atoms with van der Waals surface area (Å²) in [5, 5.41) is 10.5. The summed E-state index contributed by atoms with van der Waals surface area (Å²) >= 11 is 0. The zero-order chi connectivity index (χ0) is 14.4. The van der Waals surface area contributed by atoms with Crippen molar-refractivity contribution in [3.63, 3.8) is 0 Å². The molecule has 0 aliphatic carbocycles. The van der Waals surface area contributed by atoms with Crippen LogP contribution < -0.4 is 5.48 Å². The van der Waals surface area contributed by atoms with Gasteiger partial charge in [0.15, 0.2) is 0 Å². The summed E-state index contributed by atoms with van der Waals surface area (Å²) in [6.45, 7) is 4.16. The highest BCUT2D eigenvalue weighted by molar-refractivity contribution is 5.60. The summed E-state index contributed by atoms with van der Waals surface area (Å²) in [6.07, 6.45) is 0. The van der Waals surface area contributed by atoms with Gasteiger partial charge < -0.3 is 0 Å². The molecule has 102 valence electrons. The van der Waals surface area contributed by atoms with Crippen molar-refractivity contribution in [1.82, 2.24) is 5.48 Å². The topological polar surface area (TPSA) is 64.4 Å². The SMILES string of the molecule is C=C(NOCc1ccc([N+](=O)[O-])cc1)c1ccccc1. The third kappa shape index (κ3) is 3.66. The fourth-order valence-corrected chi connectivity index (χ4v) is 1.62. The molecule has 0 aliphatic heterocycles. The van der Waals surface area contributed by atoms with Crippen molar-refractivity contribution < 1.29 is 9.76 Å². The highest BCUT2D eigenvalue weighted by Gasteiger charge is 2.04. The summed E-state index contributed by atoms with van der Waals surface area (Å²) in [6, 6.07) is 15.8. The molecule has 0 saturated heterocycles. The van der Waals surface area contributed by atoms with Gasteiger partial charge in [-0.15, -0.1) is 0 Å². The number of hydrogen-bond acceptors (Lipinski definition) is 4. The van der Waals surface area contributed by atoms with Crippen LogP contribution in [0.1, 0.15) is 11.1 Å². The van der Waals surface area contributed by atoms with Crippen LogP contribution in [0.15, 0.2) is 61.2 Å². The fraction of sp³-hybridized carbons (Fsp3) is 0.0667. The molecule has 0 bridgehead atoms. The van der Waals surface area contributed by atoms with Crippen molar-refractivity contribution in [2.75, 3.05) is 0 Å². The Morgan fingerprint density at radius 1 is 1.15 bits per heavy atom. The molecule has 0 radical (unpaired) electrons. The van der Waals surface area contributed by atoms with E-state index in [2.05, 4.69) is 12.1 Å². The maximum Gasteiger partial charge on any atom is 0.269 e. The molecule has 0 spiro atoms. The van der Waals surface area contributed by atoms with E-state index in [1.54, 1.807) is 12.1 Å². The molecule has 0 saturated carbocycles. The highest BCUT2D eigenvalue weighted by atomic mass is 16.6. The Morgan fingerprint density at radius 3 is 2.40 bits per heavy atom. The second kappa shape index (κ2) is 6.49. The zero-order valence-electron chi connectivity index (χ0n) is 10.8. The van der Waals surface area contributed by atoms with Gasteiger partial charge in [-0.05, 0) is 23.3 Å². The maximum atomic E-state index is 10.5. The smallest absolute Gasteiger partial charge is 0.269 e. The standard InChI is InChI=1S/C15H14N2O3/c1-12(14-5-3-2-4-6-14)16-20-11-13-7-9-15(10-8-13)17(18)19/h2-10,16H,1,11H2. The summed E-state index contributed by atoms with van der Waals surface area (Å²) in [5.74, 6) is 0. The second-order valence-electron chi connectivity index (χ2n) is 4.16. The number of nitro groups is 1. The molecule has 20 heavy (non-hydrogen) atoms. The molecule has 0 atom stereocenters. The highest BCUT2D eigenvalue weighted by Crippen LogP contribution is 2.13. The van der Waals surface area contributed by atoms with Crippen molar-refractivity contribution in [1.29, 1.82) is 0 Å². The molecular formula is C15H14N2O3. The van der Waals surface area contributed by atoms with Gasteiger partial charge in [0.1, 0.15) is 0 Å². The largest absolute Gasteiger partial charge is 0.271 e. The van der Waals surface area contributed by atoms with Crippen molar-refractivity contribution in [2.45, 2.75) is 6.61 Å². The van der Waals surface area contributed by atoms with E-state index in [9.17, 15) is 10.1 Å². The lowest BCUT2D eigenvalue weighted by Crippen LogP contribution is -2.12. The van der Waals surface area contributed by atoms with Gasteiger partial charge in [-0.1, -0.05) is 36.9 Å². The Hall–Kier alpha value is -2.66. The molecule has 2 rings (SSSR count). The second-order valence-corrected chi connectivity index (χ2v) is 4.16. The number of rotatable bonds is 6. The molecule has 0 fully saturated rings. The molecule has 5 heteroatoms. The van der Waals surface area contributed by atoms with Crippen molar-refractivity contribution in [2.24, 2.45) is 0 Å². The molecule has 0 heterocycles. The summed E-state index contributed by atoms with van der Waals surface area (Å²) < 4.78 is 0. The Kier molecular flexibility index (Phi) is 4.47. The number of nitrogens with one attached hydrogen (secondary N) is 1. The Balaban J connectivity index is 1.84. The van der Waals surface area contributed by atoms with Gasteiger partial charge >= 0.3 is 0 Å². The first kappa shape index (κ1) is 13.8. The van der Waals surface area contributed by atoms with Crippen LogP contribution in [0.4, 0.5) is 5.69 Å². The van der Waals surface area contributed by atoms with E-state index in [1.165, 1.54) is 12.1 Å². The lowest BCUT2D eigenvalue weighted by atomic mass is 10.2. The van der Waals surface area contributed by atoms with Crippen LogP contribution in [0.2, 0.25) is 0 Å². The molecule has 0 aromatic heterocycles. The molecule has 5 nitrogen and oxygen atoms in total.